The number of hydrogen-bond acceptors (Lipinski definition) is 3. The van der Waals surface area contributed by atoms with Crippen LogP contribution in [0.3, 0.4) is 0 Å². The van der Waals surface area contributed by atoms with Crippen LogP contribution in [0.5, 0.6) is 0 Å². The average Bonchev–Trinajstić information content (AvgIpc) is 2.82. The Hall–Kier alpha value is -2.27. The molecule has 0 fully saturated rings. The highest BCUT2D eigenvalue weighted by atomic mass is 19.1. The molecule has 0 saturated carbocycles. The first-order valence-electron chi connectivity index (χ1n) is 6.01. The molecule has 2 aromatic heterocycles. The Balaban J connectivity index is 1.90. The topological polar surface area (TPSA) is 56.2 Å². The van der Waals surface area contributed by atoms with E-state index in [-0.39, 0.29) is 11.9 Å². The minimum Gasteiger partial charge on any atom is -0.324 e. The Morgan fingerprint density at radius 2 is 2.21 bits per heavy atom. The van der Waals surface area contributed by atoms with E-state index in [1.165, 1.54) is 12.1 Å². The predicted octanol–water partition coefficient (Wildman–Crippen LogP) is 2.11. The monoisotopic (exact) mass is 256 g/mol. The summed E-state index contributed by atoms with van der Waals surface area (Å²) < 4.78 is 14.9. The standard InChI is InChI=1S/C14H13FN4/c15-11-3-1-2-10(6-11)7-13(16)12-8-18-19-5-4-17-9-14(12)19/h1-6,8-9,13H,7,16H2. The van der Waals surface area contributed by atoms with Crippen molar-refractivity contribution in [1.82, 2.24) is 14.6 Å². The number of halogens is 1. The highest BCUT2D eigenvalue weighted by Gasteiger charge is 2.13. The van der Waals surface area contributed by atoms with Crippen LogP contribution in [0.15, 0.2) is 49.1 Å². The van der Waals surface area contributed by atoms with Crippen LogP contribution < -0.4 is 5.73 Å². The number of nitrogens with zero attached hydrogens (tertiary/aromatic N) is 3. The van der Waals surface area contributed by atoms with Crippen molar-refractivity contribution < 1.29 is 4.39 Å². The van der Waals surface area contributed by atoms with E-state index in [9.17, 15) is 4.39 Å². The first-order valence-corrected chi connectivity index (χ1v) is 6.01. The molecule has 2 heterocycles. The lowest BCUT2D eigenvalue weighted by Gasteiger charge is -2.10. The summed E-state index contributed by atoms with van der Waals surface area (Å²) in [5, 5.41) is 4.22. The Morgan fingerprint density at radius 3 is 3.05 bits per heavy atom. The molecule has 4 nitrogen and oxygen atoms in total. The summed E-state index contributed by atoms with van der Waals surface area (Å²) in [7, 11) is 0. The smallest absolute Gasteiger partial charge is 0.123 e. The first-order chi connectivity index (χ1) is 9.24. The molecular formula is C14H13FN4. The van der Waals surface area contributed by atoms with Gasteiger partial charge in [0.2, 0.25) is 0 Å². The van der Waals surface area contributed by atoms with Crippen LogP contribution in [0.25, 0.3) is 5.52 Å². The van der Waals surface area contributed by atoms with E-state index in [1.807, 2.05) is 6.07 Å². The van der Waals surface area contributed by atoms with Crippen LogP contribution in [0, 0.1) is 5.82 Å². The fourth-order valence-electron chi connectivity index (χ4n) is 2.17. The van der Waals surface area contributed by atoms with Crippen LogP contribution in [-0.4, -0.2) is 14.6 Å². The van der Waals surface area contributed by atoms with Gasteiger partial charge in [-0.1, -0.05) is 12.1 Å². The second-order valence-electron chi connectivity index (χ2n) is 4.45. The summed E-state index contributed by atoms with van der Waals surface area (Å²) in [6.07, 6.45) is 7.47. The zero-order chi connectivity index (χ0) is 13.2. The number of hydrogen-bond donors (Lipinski definition) is 1. The highest BCUT2D eigenvalue weighted by Crippen LogP contribution is 2.20. The van der Waals surface area contributed by atoms with Crippen LogP contribution in [0.1, 0.15) is 17.2 Å². The van der Waals surface area contributed by atoms with Gasteiger partial charge in [-0.25, -0.2) is 8.91 Å². The van der Waals surface area contributed by atoms with Crippen LogP contribution in [0.2, 0.25) is 0 Å². The quantitative estimate of drug-likeness (QED) is 0.780. The molecule has 19 heavy (non-hydrogen) atoms. The molecule has 5 heteroatoms. The number of benzene rings is 1. The summed E-state index contributed by atoms with van der Waals surface area (Å²) in [4.78, 5) is 4.07. The van der Waals surface area contributed by atoms with Gasteiger partial charge in [0.25, 0.3) is 0 Å². The van der Waals surface area contributed by atoms with E-state index in [1.54, 1.807) is 35.4 Å². The maximum absolute atomic E-state index is 13.1. The van der Waals surface area contributed by atoms with Gasteiger partial charge >= 0.3 is 0 Å². The van der Waals surface area contributed by atoms with E-state index in [4.69, 9.17) is 5.73 Å². The molecule has 0 amide bonds. The molecule has 0 aliphatic rings. The zero-order valence-electron chi connectivity index (χ0n) is 10.2. The van der Waals surface area contributed by atoms with Gasteiger partial charge in [0.1, 0.15) is 5.82 Å². The Bertz CT molecular complexity index is 707. The van der Waals surface area contributed by atoms with Gasteiger partial charge in [-0.05, 0) is 24.1 Å². The van der Waals surface area contributed by atoms with E-state index in [0.717, 1.165) is 16.6 Å². The molecule has 96 valence electrons. The predicted molar refractivity (Wildman–Crippen MR) is 70.0 cm³/mol. The molecule has 1 atom stereocenters. The van der Waals surface area contributed by atoms with Gasteiger partial charge < -0.3 is 5.73 Å². The summed E-state index contributed by atoms with van der Waals surface area (Å²) >= 11 is 0. The second kappa shape index (κ2) is 4.78. The third-order valence-electron chi connectivity index (χ3n) is 3.10. The molecule has 3 rings (SSSR count). The molecule has 2 N–H and O–H groups in total. The van der Waals surface area contributed by atoms with Crippen LogP contribution >= 0.6 is 0 Å². The Morgan fingerprint density at radius 1 is 1.32 bits per heavy atom. The van der Waals surface area contributed by atoms with Crippen molar-refractivity contribution >= 4 is 5.52 Å². The summed E-state index contributed by atoms with van der Waals surface area (Å²) in [6.45, 7) is 0. The van der Waals surface area contributed by atoms with Gasteiger partial charge in [-0.2, -0.15) is 5.10 Å². The fraction of sp³-hybridized carbons (Fsp3) is 0.143. The molecule has 0 bridgehead atoms. The Kier molecular flexibility index (Phi) is 2.97. The average molecular weight is 256 g/mol. The van der Waals surface area contributed by atoms with Crippen molar-refractivity contribution in [1.29, 1.82) is 0 Å². The molecule has 0 saturated heterocycles. The van der Waals surface area contributed by atoms with Crippen molar-refractivity contribution in [3.63, 3.8) is 0 Å². The largest absolute Gasteiger partial charge is 0.324 e. The summed E-state index contributed by atoms with van der Waals surface area (Å²) in [5.74, 6) is -0.244. The minimum absolute atomic E-state index is 0.233. The van der Waals surface area contributed by atoms with E-state index >= 15 is 0 Å². The maximum atomic E-state index is 13.1. The van der Waals surface area contributed by atoms with Crippen molar-refractivity contribution in [2.75, 3.05) is 0 Å². The van der Waals surface area contributed by atoms with Crippen LogP contribution in [-0.2, 0) is 6.42 Å². The highest BCUT2D eigenvalue weighted by molar-refractivity contribution is 5.53. The first kappa shape index (κ1) is 11.8. The molecule has 0 spiro atoms. The third-order valence-corrected chi connectivity index (χ3v) is 3.10. The molecule has 3 aromatic rings. The van der Waals surface area contributed by atoms with Crippen molar-refractivity contribution in [2.45, 2.75) is 12.5 Å². The Labute approximate surface area is 109 Å². The SMILES string of the molecule is NC(Cc1cccc(F)c1)c1cnn2ccncc12. The fourth-order valence-corrected chi connectivity index (χ4v) is 2.17. The van der Waals surface area contributed by atoms with Crippen molar-refractivity contribution in [3.05, 3.63) is 66.0 Å². The van der Waals surface area contributed by atoms with E-state index < -0.39 is 0 Å². The molecule has 0 radical (unpaired) electrons. The van der Waals surface area contributed by atoms with Gasteiger partial charge in [0.15, 0.2) is 0 Å². The number of rotatable bonds is 3. The van der Waals surface area contributed by atoms with Gasteiger partial charge in [0.05, 0.1) is 17.9 Å². The minimum atomic E-state index is -0.244. The molecule has 1 unspecified atom stereocenters. The third kappa shape index (κ3) is 2.32. The molecule has 0 aliphatic heterocycles. The van der Waals surface area contributed by atoms with Gasteiger partial charge in [-0.15, -0.1) is 0 Å². The van der Waals surface area contributed by atoms with Gasteiger partial charge in [0, 0.05) is 24.0 Å². The lowest BCUT2D eigenvalue weighted by atomic mass is 10.0. The van der Waals surface area contributed by atoms with Crippen molar-refractivity contribution in [3.8, 4) is 0 Å². The van der Waals surface area contributed by atoms with Crippen molar-refractivity contribution in [2.24, 2.45) is 5.73 Å². The number of aromatic nitrogens is 3. The summed E-state index contributed by atoms with van der Waals surface area (Å²) in [6, 6.07) is 6.25. The van der Waals surface area contributed by atoms with E-state index in [0.29, 0.717) is 6.42 Å². The van der Waals surface area contributed by atoms with Gasteiger partial charge in [-0.3, -0.25) is 4.98 Å². The maximum Gasteiger partial charge on any atom is 0.123 e. The molecule has 0 aliphatic carbocycles. The lowest BCUT2D eigenvalue weighted by molar-refractivity contribution is 0.622. The number of nitrogens with two attached hydrogens (primary N) is 1. The van der Waals surface area contributed by atoms with Crippen LogP contribution in [0.4, 0.5) is 4.39 Å². The lowest BCUT2D eigenvalue weighted by Crippen LogP contribution is -2.13. The number of fused-ring (bicyclic) bond motifs is 1. The molecular weight excluding hydrogens is 243 g/mol. The normalized spacial score (nSPS) is 12.7. The molecule has 1 aromatic carbocycles. The zero-order valence-corrected chi connectivity index (χ0v) is 10.2. The summed E-state index contributed by atoms with van der Waals surface area (Å²) in [5.41, 5.74) is 8.85. The van der Waals surface area contributed by atoms with E-state index in [2.05, 4.69) is 10.1 Å². The second-order valence-corrected chi connectivity index (χ2v) is 4.45.